The van der Waals surface area contributed by atoms with Crippen LogP contribution in [0.3, 0.4) is 0 Å². The van der Waals surface area contributed by atoms with Crippen LogP contribution in [0.2, 0.25) is 0 Å². The molecular weight excluding hydrogens is 238 g/mol. The molecule has 2 rings (SSSR count). The highest BCUT2D eigenvalue weighted by Gasteiger charge is 2.16. The molecule has 4 nitrogen and oxygen atoms in total. The van der Waals surface area contributed by atoms with Crippen LogP contribution in [0.1, 0.15) is 19.0 Å². The Hall–Kier alpha value is -2.41. The van der Waals surface area contributed by atoms with Crippen molar-refractivity contribution in [3.63, 3.8) is 0 Å². The smallest absolute Gasteiger partial charge is 0.241 e. The first-order valence-corrected chi connectivity index (χ1v) is 6.22. The second-order valence-corrected chi connectivity index (χ2v) is 4.41. The predicted octanol–water partition coefficient (Wildman–Crippen LogP) is 3.03. The van der Waals surface area contributed by atoms with Crippen molar-refractivity contribution < 1.29 is 4.79 Å². The molecule has 0 fully saturated rings. The number of hydrogen-bond donors (Lipinski definition) is 1. The lowest BCUT2D eigenvalue weighted by atomic mass is 10.1. The Kier molecular flexibility index (Phi) is 3.76. The lowest BCUT2D eigenvalue weighted by Gasteiger charge is -2.10. The van der Waals surface area contributed by atoms with E-state index in [9.17, 15) is 4.79 Å². The van der Waals surface area contributed by atoms with E-state index in [4.69, 9.17) is 5.26 Å². The standard InChI is InChI=1S/C15H15N3O/c1-3-11(9-16)15(19)18-13-6-4-5-12-8-7-10(2)17-14(12)13/h4-8,11H,3H2,1-2H3,(H,18,19). The molecule has 19 heavy (non-hydrogen) atoms. The van der Waals surface area contributed by atoms with Gasteiger partial charge in [0.05, 0.1) is 17.3 Å². The topological polar surface area (TPSA) is 65.8 Å². The van der Waals surface area contributed by atoms with E-state index in [0.29, 0.717) is 12.1 Å². The van der Waals surface area contributed by atoms with E-state index in [1.54, 1.807) is 6.07 Å². The number of aromatic nitrogens is 1. The highest BCUT2D eigenvalue weighted by atomic mass is 16.1. The van der Waals surface area contributed by atoms with E-state index in [0.717, 1.165) is 16.6 Å². The summed E-state index contributed by atoms with van der Waals surface area (Å²) in [5.41, 5.74) is 2.30. The van der Waals surface area contributed by atoms with E-state index in [2.05, 4.69) is 10.3 Å². The van der Waals surface area contributed by atoms with Gasteiger partial charge in [-0.25, -0.2) is 0 Å². The van der Waals surface area contributed by atoms with Crippen LogP contribution in [-0.2, 0) is 4.79 Å². The maximum atomic E-state index is 11.9. The molecule has 0 aliphatic heterocycles. The van der Waals surface area contributed by atoms with Crippen molar-refractivity contribution in [1.29, 1.82) is 5.26 Å². The zero-order valence-electron chi connectivity index (χ0n) is 11.0. The molecule has 1 atom stereocenters. The number of benzene rings is 1. The summed E-state index contributed by atoms with van der Waals surface area (Å²) in [5, 5.41) is 12.7. The second-order valence-electron chi connectivity index (χ2n) is 4.41. The van der Waals surface area contributed by atoms with Gasteiger partial charge in [-0.15, -0.1) is 0 Å². The number of nitriles is 1. The molecule has 1 aromatic carbocycles. The van der Waals surface area contributed by atoms with Crippen LogP contribution < -0.4 is 5.32 Å². The quantitative estimate of drug-likeness (QED) is 0.914. The molecule has 0 saturated carbocycles. The molecule has 0 spiro atoms. The average Bonchev–Trinajstić information content (AvgIpc) is 2.41. The predicted molar refractivity (Wildman–Crippen MR) is 74.5 cm³/mol. The number of hydrogen-bond acceptors (Lipinski definition) is 3. The lowest BCUT2D eigenvalue weighted by molar-refractivity contribution is -0.118. The minimum Gasteiger partial charge on any atom is -0.323 e. The fourth-order valence-corrected chi connectivity index (χ4v) is 1.90. The van der Waals surface area contributed by atoms with Crippen LogP contribution in [0.25, 0.3) is 10.9 Å². The molecule has 0 bridgehead atoms. The molecule has 0 aliphatic rings. The molecule has 1 heterocycles. The number of pyridine rings is 1. The third-order valence-corrected chi connectivity index (χ3v) is 3.00. The van der Waals surface area contributed by atoms with Gasteiger partial charge in [0.15, 0.2) is 0 Å². The van der Waals surface area contributed by atoms with Crippen molar-refractivity contribution in [1.82, 2.24) is 4.98 Å². The minimum absolute atomic E-state index is 0.277. The van der Waals surface area contributed by atoms with Crippen LogP contribution in [-0.4, -0.2) is 10.9 Å². The van der Waals surface area contributed by atoms with Gasteiger partial charge in [-0.3, -0.25) is 9.78 Å². The van der Waals surface area contributed by atoms with E-state index < -0.39 is 5.92 Å². The second kappa shape index (κ2) is 5.49. The monoisotopic (exact) mass is 253 g/mol. The summed E-state index contributed by atoms with van der Waals surface area (Å²) < 4.78 is 0. The van der Waals surface area contributed by atoms with Gasteiger partial charge in [0.1, 0.15) is 5.92 Å². The largest absolute Gasteiger partial charge is 0.323 e. The number of carbonyl (C=O) groups excluding carboxylic acids is 1. The van der Waals surface area contributed by atoms with Gasteiger partial charge in [0.25, 0.3) is 0 Å². The molecule has 4 heteroatoms. The fourth-order valence-electron chi connectivity index (χ4n) is 1.90. The van der Waals surface area contributed by atoms with Crippen molar-refractivity contribution >= 4 is 22.5 Å². The van der Waals surface area contributed by atoms with Crippen LogP contribution in [0.5, 0.6) is 0 Å². The zero-order chi connectivity index (χ0) is 13.8. The van der Waals surface area contributed by atoms with Crippen molar-refractivity contribution in [2.45, 2.75) is 20.3 Å². The third kappa shape index (κ3) is 2.71. The minimum atomic E-state index is -0.625. The molecule has 1 amide bonds. The van der Waals surface area contributed by atoms with Crippen molar-refractivity contribution in [3.8, 4) is 6.07 Å². The van der Waals surface area contributed by atoms with E-state index in [1.165, 1.54) is 0 Å². The number of nitrogens with one attached hydrogen (secondary N) is 1. The molecule has 0 radical (unpaired) electrons. The molecular formula is C15H15N3O. The Labute approximate surface area is 112 Å². The maximum Gasteiger partial charge on any atom is 0.241 e. The summed E-state index contributed by atoms with van der Waals surface area (Å²) in [6, 6.07) is 11.5. The summed E-state index contributed by atoms with van der Waals surface area (Å²) in [5.74, 6) is -0.902. The molecule has 0 aliphatic carbocycles. The Morgan fingerprint density at radius 3 is 2.89 bits per heavy atom. The van der Waals surface area contributed by atoms with Gasteiger partial charge in [-0.05, 0) is 25.5 Å². The fraction of sp³-hybridized carbons (Fsp3) is 0.267. The van der Waals surface area contributed by atoms with Gasteiger partial charge in [-0.2, -0.15) is 5.26 Å². The summed E-state index contributed by atoms with van der Waals surface area (Å²) in [4.78, 5) is 16.4. The number of amides is 1. The molecule has 1 N–H and O–H groups in total. The normalized spacial score (nSPS) is 11.8. The number of rotatable bonds is 3. The van der Waals surface area contributed by atoms with Crippen molar-refractivity contribution in [2.75, 3.05) is 5.32 Å². The maximum absolute atomic E-state index is 11.9. The zero-order valence-corrected chi connectivity index (χ0v) is 11.0. The highest BCUT2D eigenvalue weighted by molar-refractivity contribution is 6.01. The molecule has 2 aromatic rings. The Morgan fingerprint density at radius 1 is 1.42 bits per heavy atom. The van der Waals surface area contributed by atoms with Crippen molar-refractivity contribution in [2.24, 2.45) is 5.92 Å². The number of fused-ring (bicyclic) bond motifs is 1. The van der Waals surface area contributed by atoms with Gasteiger partial charge in [0, 0.05) is 11.1 Å². The number of aryl methyl sites for hydroxylation is 1. The number of carbonyl (C=O) groups is 1. The molecule has 0 saturated heterocycles. The van der Waals surface area contributed by atoms with Crippen LogP contribution in [0.15, 0.2) is 30.3 Å². The Morgan fingerprint density at radius 2 is 2.21 bits per heavy atom. The van der Waals surface area contributed by atoms with Gasteiger partial charge >= 0.3 is 0 Å². The first-order valence-electron chi connectivity index (χ1n) is 6.22. The van der Waals surface area contributed by atoms with E-state index in [1.807, 2.05) is 44.2 Å². The summed E-state index contributed by atoms with van der Waals surface area (Å²) in [6.07, 6.45) is 0.500. The number of para-hydroxylation sites is 1. The SMILES string of the molecule is CCC(C#N)C(=O)Nc1cccc2ccc(C)nc12. The van der Waals surface area contributed by atoms with E-state index in [-0.39, 0.29) is 5.91 Å². The lowest BCUT2D eigenvalue weighted by Crippen LogP contribution is -2.21. The summed E-state index contributed by atoms with van der Waals surface area (Å²) in [7, 11) is 0. The molecule has 1 unspecified atom stereocenters. The molecule has 96 valence electrons. The first-order chi connectivity index (χ1) is 9.15. The highest BCUT2D eigenvalue weighted by Crippen LogP contribution is 2.22. The Balaban J connectivity index is 2.38. The summed E-state index contributed by atoms with van der Waals surface area (Å²) in [6.45, 7) is 3.72. The van der Waals surface area contributed by atoms with E-state index >= 15 is 0 Å². The van der Waals surface area contributed by atoms with Gasteiger partial charge in [0.2, 0.25) is 5.91 Å². The van der Waals surface area contributed by atoms with Crippen LogP contribution >= 0.6 is 0 Å². The first kappa shape index (κ1) is 13.0. The number of nitrogens with zero attached hydrogens (tertiary/aromatic N) is 2. The van der Waals surface area contributed by atoms with Crippen LogP contribution in [0.4, 0.5) is 5.69 Å². The molecule has 1 aromatic heterocycles. The Bertz CT molecular complexity index is 658. The van der Waals surface area contributed by atoms with Crippen LogP contribution in [0, 0.1) is 24.2 Å². The number of anilines is 1. The third-order valence-electron chi connectivity index (χ3n) is 3.00. The summed E-state index contributed by atoms with van der Waals surface area (Å²) >= 11 is 0. The van der Waals surface area contributed by atoms with Gasteiger partial charge < -0.3 is 5.32 Å². The van der Waals surface area contributed by atoms with Crippen molar-refractivity contribution in [3.05, 3.63) is 36.0 Å². The van der Waals surface area contributed by atoms with Gasteiger partial charge in [-0.1, -0.05) is 25.1 Å². The average molecular weight is 253 g/mol.